The molecule has 0 bridgehead atoms. The van der Waals surface area contributed by atoms with E-state index < -0.39 is 0 Å². The first-order valence-electron chi connectivity index (χ1n) is 6.65. The van der Waals surface area contributed by atoms with E-state index in [-0.39, 0.29) is 5.41 Å². The topological polar surface area (TPSA) is 45.0 Å². The van der Waals surface area contributed by atoms with E-state index >= 15 is 0 Å². The fraction of sp³-hybridized carbons (Fsp3) is 0.562. The lowest BCUT2D eigenvalue weighted by atomic mass is 9.96. The molecule has 0 heterocycles. The lowest BCUT2D eigenvalue weighted by Crippen LogP contribution is -2.29. The molecular formula is C16H24N2O. The maximum Gasteiger partial charge on any atom is 0.124 e. The van der Waals surface area contributed by atoms with Crippen LogP contribution in [-0.4, -0.2) is 20.2 Å². The highest BCUT2D eigenvalue weighted by Crippen LogP contribution is 2.24. The smallest absolute Gasteiger partial charge is 0.124 e. The number of nitrogens with one attached hydrogen (secondary N) is 1. The molecular weight excluding hydrogens is 236 g/mol. The van der Waals surface area contributed by atoms with Gasteiger partial charge in [-0.1, -0.05) is 12.1 Å². The number of nitriles is 1. The summed E-state index contributed by atoms with van der Waals surface area (Å²) in [5.74, 6) is 0.974. The molecule has 1 N–H and O–H groups in total. The van der Waals surface area contributed by atoms with Crippen LogP contribution >= 0.6 is 0 Å². The van der Waals surface area contributed by atoms with E-state index in [0.29, 0.717) is 0 Å². The van der Waals surface area contributed by atoms with E-state index in [2.05, 4.69) is 37.4 Å². The molecule has 3 heteroatoms. The Morgan fingerprint density at radius 2 is 1.84 bits per heavy atom. The molecule has 0 aromatic heterocycles. The van der Waals surface area contributed by atoms with Crippen molar-refractivity contribution in [3.8, 4) is 11.8 Å². The van der Waals surface area contributed by atoms with Crippen LogP contribution in [0.1, 0.15) is 30.5 Å². The van der Waals surface area contributed by atoms with Crippen molar-refractivity contribution in [2.75, 3.05) is 20.2 Å². The lowest BCUT2D eigenvalue weighted by molar-refractivity contribution is 0.408. The van der Waals surface area contributed by atoms with Gasteiger partial charge in [-0.3, -0.25) is 0 Å². The number of benzene rings is 1. The molecule has 0 radical (unpaired) electrons. The summed E-state index contributed by atoms with van der Waals surface area (Å²) in [5.41, 5.74) is 3.36. The number of hydrogen-bond acceptors (Lipinski definition) is 3. The van der Waals surface area contributed by atoms with Gasteiger partial charge in [-0.25, -0.2) is 0 Å². The van der Waals surface area contributed by atoms with Crippen molar-refractivity contribution in [2.24, 2.45) is 5.41 Å². The van der Waals surface area contributed by atoms with Gasteiger partial charge in [0.1, 0.15) is 5.75 Å². The van der Waals surface area contributed by atoms with Crippen molar-refractivity contribution >= 4 is 0 Å². The summed E-state index contributed by atoms with van der Waals surface area (Å²) in [4.78, 5) is 0. The summed E-state index contributed by atoms with van der Waals surface area (Å²) in [6.07, 6.45) is 0.965. The summed E-state index contributed by atoms with van der Waals surface area (Å²) < 4.78 is 5.36. The second-order valence-corrected chi connectivity index (χ2v) is 5.69. The van der Waals surface area contributed by atoms with Crippen LogP contribution in [0, 0.1) is 30.6 Å². The van der Waals surface area contributed by atoms with E-state index in [1.54, 1.807) is 7.11 Å². The fourth-order valence-corrected chi connectivity index (χ4v) is 2.18. The third kappa shape index (κ3) is 4.57. The highest BCUT2D eigenvalue weighted by Gasteiger charge is 2.15. The number of hydrogen-bond donors (Lipinski definition) is 1. The standard InChI is InChI=1S/C16H24N2O/c1-12-8-14(9-13(2)15(12)19-5)6-7-18-11-16(3,4)10-17/h8-9,18H,6-7,11H2,1-5H3. The molecule has 0 aliphatic heterocycles. The Morgan fingerprint density at radius 1 is 1.26 bits per heavy atom. The second-order valence-electron chi connectivity index (χ2n) is 5.69. The van der Waals surface area contributed by atoms with Gasteiger partial charge in [-0.2, -0.15) is 5.26 Å². The minimum Gasteiger partial charge on any atom is -0.496 e. The van der Waals surface area contributed by atoms with Crippen molar-refractivity contribution in [2.45, 2.75) is 34.1 Å². The Hall–Kier alpha value is -1.53. The van der Waals surface area contributed by atoms with Gasteiger partial charge in [0, 0.05) is 6.54 Å². The van der Waals surface area contributed by atoms with Crippen LogP contribution in [0.15, 0.2) is 12.1 Å². The number of nitrogens with zero attached hydrogens (tertiary/aromatic N) is 1. The van der Waals surface area contributed by atoms with Gasteiger partial charge in [0.15, 0.2) is 0 Å². The van der Waals surface area contributed by atoms with E-state index in [1.165, 1.54) is 16.7 Å². The van der Waals surface area contributed by atoms with Crippen LogP contribution in [0.2, 0.25) is 0 Å². The molecule has 1 rings (SSSR count). The fourth-order valence-electron chi connectivity index (χ4n) is 2.18. The van der Waals surface area contributed by atoms with Crippen LogP contribution in [0.5, 0.6) is 5.75 Å². The van der Waals surface area contributed by atoms with Gasteiger partial charge in [0.05, 0.1) is 18.6 Å². The van der Waals surface area contributed by atoms with E-state index in [0.717, 1.165) is 25.3 Å². The molecule has 0 atom stereocenters. The monoisotopic (exact) mass is 260 g/mol. The zero-order valence-corrected chi connectivity index (χ0v) is 12.6. The quantitative estimate of drug-likeness (QED) is 0.800. The number of rotatable bonds is 6. The number of aryl methyl sites for hydroxylation is 2. The number of ether oxygens (including phenoxy) is 1. The average molecular weight is 260 g/mol. The molecule has 0 unspecified atom stereocenters. The first-order valence-corrected chi connectivity index (χ1v) is 6.65. The minimum atomic E-state index is -0.300. The highest BCUT2D eigenvalue weighted by molar-refractivity contribution is 5.43. The van der Waals surface area contributed by atoms with Crippen molar-refractivity contribution in [1.82, 2.24) is 5.32 Å². The first kappa shape index (κ1) is 15.5. The molecule has 104 valence electrons. The predicted octanol–water partition coefficient (Wildman–Crippen LogP) is 2.99. The lowest BCUT2D eigenvalue weighted by Gasteiger charge is -2.16. The van der Waals surface area contributed by atoms with E-state index in [4.69, 9.17) is 10.00 Å². The Balaban J connectivity index is 2.54. The normalized spacial score (nSPS) is 11.2. The van der Waals surface area contributed by atoms with Gasteiger partial charge < -0.3 is 10.1 Å². The van der Waals surface area contributed by atoms with Crippen molar-refractivity contribution in [3.05, 3.63) is 28.8 Å². The zero-order valence-electron chi connectivity index (χ0n) is 12.6. The molecule has 3 nitrogen and oxygen atoms in total. The van der Waals surface area contributed by atoms with Crippen LogP contribution in [-0.2, 0) is 6.42 Å². The van der Waals surface area contributed by atoms with Gasteiger partial charge >= 0.3 is 0 Å². The Bertz CT molecular complexity index is 449. The summed E-state index contributed by atoms with van der Waals surface area (Å²) >= 11 is 0. The van der Waals surface area contributed by atoms with Crippen molar-refractivity contribution in [1.29, 1.82) is 5.26 Å². The average Bonchev–Trinajstić information content (AvgIpc) is 2.34. The highest BCUT2D eigenvalue weighted by atomic mass is 16.5. The summed E-state index contributed by atoms with van der Waals surface area (Å²) in [5, 5.41) is 12.3. The molecule has 0 spiro atoms. The van der Waals surface area contributed by atoms with E-state index in [1.807, 2.05) is 13.8 Å². The van der Waals surface area contributed by atoms with Crippen LogP contribution < -0.4 is 10.1 Å². The predicted molar refractivity (Wildman–Crippen MR) is 78.4 cm³/mol. The maximum absolute atomic E-state index is 8.94. The molecule has 0 aliphatic carbocycles. The van der Waals surface area contributed by atoms with Crippen LogP contribution in [0.25, 0.3) is 0 Å². The van der Waals surface area contributed by atoms with Crippen LogP contribution in [0.3, 0.4) is 0 Å². The van der Waals surface area contributed by atoms with E-state index in [9.17, 15) is 0 Å². The largest absolute Gasteiger partial charge is 0.496 e. The minimum absolute atomic E-state index is 0.300. The van der Waals surface area contributed by atoms with Crippen LogP contribution in [0.4, 0.5) is 0 Å². The molecule has 0 amide bonds. The third-order valence-electron chi connectivity index (χ3n) is 3.18. The molecule has 0 saturated carbocycles. The Morgan fingerprint density at radius 3 is 2.32 bits per heavy atom. The molecule has 1 aromatic rings. The summed E-state index contributed by atoms with van der Waals surface area (Å²) in [6.45, 7) is 9.64. The third-order valence-corrected chi connectivity index (χ3v) is 3.18. The molecule has 0 aliphatic rings. The van der Waals surface area contributed by atoms with Gasteiger partial charge in [0.25, 0.3) is 0 Å². The second kappa shape index (κ2) is 6.58. The molecule has 0 fully saturated rings. The van der Waals surface area contributed by atoms with Crippen molar-refractivity contribution in [3.63, 3.8) is 0 Å². The summed E-state index contributed by atoms with van der Waals surface area (Å²) in [7, 11) is 1.71. The van der Waals surface area contributed by atoms with Gasteiger partial charge in [-0.15, -0.1) is 0 Å². The Kier molecular flexibility index (Phi) is 5.38. The van der Waals surface area contributed by atoms with Gasteiger partial charge in [0.2, 0.25) is 0 Å². The van der Waals surface area contributed by atoms with Crippen molar-refractivity contribution < 1.29 is 4.74 Å². The Labute approximate surface area is 116 Å². The summed E-state index contributed by atoms with van der Waals surface area (Å²) in [6, 6.07) is 6.63. The first-order chi connectivity index (χ1) is 8.89. The zero-order chi connectivity index (χ0) is 14.5. The molecule has 19 heavy (non-hydrogen) atoms. The van der Waals surface area contributed by atoms with Gasteiger partial charge in [-0.05, 0) is 57.4 Å². The number of methoxy groups -OCH3 is 1. The maximum atomic E-state index is 8.94. The molecule has 0 saturated heterocycles. The SMILES string of the molecule is COc1c(C)cc(CCNCC(C)(C)C#N)cc1C. The molecule has 1 aromatic carbocycles.